The predicted molar refractivity (Wildman–Crippen MR) is 102 cm³/mol. The van der Waals surface area contributed by atoms with E-state index < -0.39 is 6.04 Å². The third kappa shape index (κ3) is 6.36. The first-order valence-corrected chi connectivity index (χ1v) is 9.54. The van der Waals surface area contributed by atoms with Crippen molar-refractivity contribution in [3.63, 3.8) is 0 Å². The maximum absolute atomic E-state index is 12.7. The Morgan fingerprint density at radius 2 is 1.89 bits per heavy atom. The molecule has 0 saturated carbocycles. The van der Waals surface area contributed by atoms with Crippen LogP contribution in [-0.4, -0.2) is 62.0 Å². The molecule has 1 aromatic rings. The van der Waals surface area contributed by atoms with Crippen LogP contribution in [-0.2, 0) is 19.1 Å². The highest BCUT2D eigenvalue weighted by Gasteiger charge is 2.34. The largest absolute Gasteiger partial charge is 0.464 e. The maximum Gasteiger partial charge on any atom is 0.328 e. The molecule has 0 radical (unpaired) electrons. The molecule has 2 amide bonds. The molecule has 1 unspecified atom stereocenters. The van der Waals surface area contributed by atoms with Crippen LogP contribution in [0.4, 0.5) is 5.69 Å². The molecule has 0 aliphatic carbocycles. The predicted octanol–water partition coefficient (Wildman–Crippen LogP) is 0.392. The second-order valence-corrected chi connectivity index (χ2v) is 7.08. The van der Waals surface area contributed by atoms with Crippen LogP contribution in [0.3, 0.4) is 0 Å². The van der Waals surface area contributed by atoms with Crippen molar-refractivity contribution in [2.45, 2.75) is 39.2 Å². The molecule has 0 aromatic heterocycles. The Kier molecular flexibility index (Phi) is 7.79. The van der Waals surface area contributed by atoms with Crippen molar-refractivity contribution >= 4 is 23.5 Å². The molecule has 2 rings (SSSR count). The van der Waals surface area contributed by atoms with E-state index in [1.807, 2.05) is 31.2 Å². The first-order chi connectivity index (χ1) is 12.9. The van der Waals surface area contributed by atoms with Crippen molar-refractivity contribution in [2.75, 3.05) is 38.6 Å². The number of amides is 2. The van der Waals surface area contributed by atoms with E-state index >= 15 is 0 Å². The summed E-state index contributed by atoms with van der Waals surface area (Å²) in [5.41, 5.74) is 1.86. The molecule has 148 valence electrons. The van der Waals surface area contributed by atoms with Gasteiger partial charge in [-0.05, 0) is 45.2 Å². The molecular weight excluding hydrogens is 346 g/mol. The van der Waals surface area contributed by atoms with E-state index in [1.54, 1.807) is 18.9 Å². The fourth-order valence-corrected chi connectivity index (χ4v) is 3.25. The Morgan fingerprint density at radius 1 is 1.19 bits per heavy atom. The van der Waals surface area contributed by atoms with Crippen LogP contribution in [0.1, 0.15) is 31.7 Å². The number of nitrogens with zero attached hydrogens (tertiary/aromatic N) is 1. The number of hydrogen-bond donors (Lipinski definition) is 2. The number of nitrogens with one attached hydrogen (secondary N) is 2. The number of anilines is 1. The Morgan fingerprint density at radius 3 is 2.56 bits per heavy atom. The molecule has 1 aromatic carbocycles. The zero-order chi connectivity index (χ0) is 19.8. The van der Waals surface area contributed by atoms with Crippen molar-refractivity contribution in [1.82, 2.24) is 4.90 Å². The van der Waals surface area contributed by atoms with E-state index in [4.69, 9.17) is 4.74 Å². The number of aryl methyl sites for hydroxylation is 1. The van der Waals surface area contributed by atoms with E-state index in [-0.39, 0.29) is 30.9 Å². The SMILES string of the molecule is CCOC(=O)[C@@H]1CCCCN1C(=O)C[NH+](C)CC(=O)Nc1ccc(C)cc1. The average molecular weight is 376 g/mol. The van der Waals surface area contributed by atoms with Crippen molar-refractivity contribution in [3.8, 4) is 0 Å². The van der Waals surface area contributed by atoms with Gasteiger partial charge in [0.2, 0.25) is 0 Å². The lowest BCUT2D eigenvalue weighted by molar-refractivity contribution is -0.862. The molecule has 2 atom stereocenters. The minimum absolute atomic E-state index is 0.117. The van der Waals surface area contributed by atoms with E-state index in [2.05, 4.69) is 5.32 Å². The molecule has 27 heavy (non-hydrogen) atoms. The lowest BCUT2D eigenvalue weighted by atomic mass is 10.0. The Balaban J connectivity index is 1.86. The van der Waals surface area contributed by atoms with Crippen LogP contribution in [0.5, 0.6) is 0 Å². The Bertz CT molecular complexity index is 660. The molecule has 0 bridgehead atoms. The number of quaternary nitrogens is 1. The van der Waals surface area contributed by atoms with Crippen LogP contribution in [0, 0.1) is 6.92 Å². The van der Waals surface area contributed by atoms with Gasteiger partial charge in [-0.3, -0.25) is 9.59 Å². The summed E-state index contributed by atoms with van der Waals surface area (Å²) in [6.45, 7) is 4.96. The number of carbonyl (C=O) groups excluding carboxylic acids is 3. The molecule has 1 fully saturated rings. The molecule has 2 N–H and O–H groups in total. The van der Waals surface area contributed by atoms with E-state index in [1.165, 1.54) is 0 Å². The summed E-state index contributed by atoms with van der Waals surface area (Å²) in [7, 11) is 1.80. The van der Waals surface area contributed by atoms with Gasteiger partial charge in [0.15, 0.2) is 13.1 Å². The highest BCUT2D eigenvalue weighted by molar-refractivity contribution is 5.91. The Hall–Kier alpha value is -2.41. The molecule has 7 nitrogen and oxygen atoms in total. The molecule has 1 heterocycles. The number of carbonyl (C=O) groups is 3. The minimum Gasteiger partial charge on any atom is -0.464 e. The standard InChI is InChI=1S/C20H29N3O4/c1-4-27-20(26)17-7-5-6-12-23(17)19(25)14-22(3)13-18(24)21-16-10-8-15(2)9-11-16/h8-11,17H,4-7,12-14H2,1-3H3,(H,21,24)/p+1/t17-/m0/s1. The van der Waals surface area contributed by atoms with Gasteiger partial charge in [-0.25, -0.2) is 4.79 Å². The third-order valence-corrected chi connectivity index (χ3v) is 4.63. The lowest BCUT2D eigenvalue weighted by Gasteiger charge is -2.34. The van der Waals surface area contributed by atoms with Gasteiger partial charge in [-0.2, -0.15) is 0 Å². The summed E-state index contributed by atoms with van der Waals surface area (Å²) in [4.78, 5) is 39.4. The fraction of sp³-hybridized carbons (Fsp3) is 0.550. The molecule has 1 saturated heterocycles. The lowest BCUT2D eigenvalue weighted by Crippen LogP contribution is -3.11. The number of likely N-dealkylation sites (tertiary alicyclic amines) is 1. The smallest absolute Gasteiger partial charge is 0.328 e. The molecule has 0 spiro atoms. The Labute approximate surface area is 160 Å². The van der Waals surface area contributed by atoms with E-state index in [0.29, 0.717) is 19.6 Å². The second kappa shape index (κ2) is 10.1. The van der Waals surface area contributed by atoms with Gasteiger partial charge in [-0.1, -0.05) is 17.7 Å². The van der Waals surface area contributed by atoms with Gasteiger partial charge in [-0.15, -0.1) is 0 Å². The molecule has 1 aliphatic heterocycles. The normalized spacial score (nSPS) is 17.9. The van der Waals surface area contributed by atoms with Gasteiger partial charge < -0.3 is 19.9 Å². The van der Waals surface area contributed by atoms with Crippen molar-refractivity contribution in [1.29, 1.82) is 0 Å². The van der Waals surface area contributed by atoms with Gasteiger partial charge in [0, 0.05) is 12.2 Å². The highest BCUT2D eigenvalue weighted by Crippen LogP contribution is 2.18. The maximum atomic E-state index is 12.7. The number of rotatable bonds is 7. The topological polar surface area (TPSA) is 80.2 Å². The molecule has 7 heteroatoms. The number of esters is 1. The van der Waals surface area contributed by atoms with E-state index in [0.717, 1.165) is 29.0 Å². The summed E-state index contributed by atoms with van der Waals surface area (Å²) in [5.74, 6) is -0.599. The van der Waals surface area contributed by atoms with Gasteiger partial charge >= 0.3 is 5.97 Å². The minimum atomic E-state index is -0.500. The van der Waals surface area contributed by atoms with Crippen LogP contribution in [0.25, 0.3) is 0 Å². The van der Waals surface area contributed by atoms with Gasteiger partial charge in [0.25, 0.3) is 11.8 Å². The molecule has 1 aliphatic rings. The zero-order valence-electron chi connectivity index (χ0n) is 16.4. The number of likely N-dealkylation sites (N-methyl/N-ethyl adjacent to an activating group) is 1. The summed E-state index contributed by atoms with van der Waals surface area (Å²) in [6, 6.07) is 7.07. The van der Waals surface area contributed by atoms with Crippen LogP contribution >= 0.6 is 0 Å². The summed E-state index contributed by atoms with van der Waals surface area (Å²) < 4.78 is 5.10. The number of benzene rings is 1. The van der Waals surface area contributed by atoms with Crippen molar-refractivity contribution < 1.29 is 24.0 Å². The summed E-state index contributed by atoms with van der Waals surface area (Å²) >= 11 is 0. The first-order valence-electron chi connectivity index (χ1n) is 9.54. The van der Waals surface area contributed by atoms with Gasteiger partial charge in [0.1, 0.15) is 6.04 Å². The summed E-state index contributed by atoms with van der Waals surface area (Å²) in [5, 5.41) is 2.84. The number of piperidine rings is 1. The number of ether oxygens (including phenoxy) is 1. The van der Waals surface area contributed by atoms with Crippen LogP contribution in [0.2, 0.25) is 0 Å². The van der Waals surface area contributed by atoms with Crippen LogP contribution < -0.4 is 10.2 Å². The fourth-order valence-electron chi connectivity index (χ4n) is 3.25. The second-order valence-electron chi connectivity index (χ2n) is 7.08. The van der Waals surface area contributed by atoms with E-state index in [9.17, 15) is 14.4 Å². The summed E-state index contributed by atoms with van der Waals surface area (Å²) in [6.07, 6.45) is 2.43. The third-order valence-electron chi connectivity index (χ3n) is 4.63. The first kappa shape index (κ1) is 20.9. The van der Waals surface area contributed by atoms with Crippen molar-refractivity contribution in [3.05, 3.63) is 29.8 Å². The zero-order valence-corrected chi connectivity index (χ0v) is 16.4. The number of hydrogen-bond acceptors (Lipinski definition) is 4. The molecular formula is C20H30N3O4+. The monoisotopic (exact) mass is 376 g/mol. The van der Waals surface area contributed by atoms with Crippen molar-refractivity contribution in [2.24, 2.45) is 0 Å². The quantitative estimate of drug-likeness (QED) is 0.675. The highest BCUT2D eigenvalue weighted by atomic mass is 16.5. The van der Waals surface area contributed by atoms with Gasteiger partial charge in [0.05, 0.1) is 13.7 Å². The van der Waals surface area contributed by atoms with Crippen LogP contribution in [0.15, 0.2) is 24.3 Å². The average Bonchev–Trinajstić information content (AvgIpc) is 2.63.